The van der Waals surface area contributed by atoms with Gasteiger partial charge in [-0.25, -0.2) is 4.99 Å². The van der Waals surface area contributed by atoms with Crippen molar-refractivity contribution < 1.29 is 4.79 Å². The van der Waals surface area contributed by atoms with E-state index in [9.17, 15) is 4.79 Å². The third-order valence-corrected chi connectivity index (χ3v) is 1.91. The number of carbonyl (C=O) groups is 1. The smallest absolute Gasteiger partial charge is 0.228 e. The van der Waals surface area contributed by atoms with Gasteiger partial charge in [0.25, 0.3) is 0 Å². The molecular weight excluding hydrogens is 192 g/mol. The van der Waals surface area contributed by atoms with Gasteiger partial charge in [-0.3, -0.25) is 15.6 Å². The summed E-state index contributed by atoms with van der Waals surface area (Å²) >= 11 is 0. The van der Waals surface area contributed by atoms with Crippen molar-refractivity contribution in [3.05, 3.63) is 0 Å². The van der Waals surface area contributed by atoms with Gasteiger partial charge in [-0.1, -0.05) is 20.3 Å². The normalized spacial score (nSPS) is 12.5. The van der Waals surface area contributed by atoms with Crippen LogP contribution in [0.3, 0.4) is 0 Å². The van der Waals surface area contributed by atoms with E-state index in [1.54, 1.807) is 13.8 Å². The van der Waals surface area contributed by atoms with Crippen molar-refractivity contribution in [1.82, 2.24) is 5.32 Å². The molecule has 0 aromatic heterocycles. The fraction of sp³-hybridized carbons (Fsp3) is 0.600. The van der Waals surface area contributed by atoms with Crippen LogP contribution in [0.4, 0.5) is 0 Å². The standard InChI is InChI=1S/C10H18N4O/c1-4-6-7(3)10(15)14-9(12)8(11)13-5-2/h5,7,11H,4,6H2,1-3H3,(H2,12,14,15). The number of nitrogens with zero attached hydrogens (tertiary/aromatic N) is 1. The summed E-state index contributed by atoms with van der Waals surface area (Å²) in [5.74, 6) is -0.831. The lowest BCUT2D eigenvalue weighted by Gasteiger charge is -2.10. The second kappa shape index (κ2) is 6.86. The first-order valence-electron chi connectivity index (χ1n) is 4.99. The lowest BCUT2D eigenvalue weighted by Crippen LogP contribution is -2.37. The van der Waals surface area contributed by atoms with E-state index in [0.29, 0.717) is 0 Å². The zero-order valence-corrected chi connectivity index (χ0v) is 9.42. The summed E-state index contributed by atoms with van der Waals surface area (Å²) in [5, 5.41) is 17.0. The second-order valence-electron chi connectivity index (χ2n) is 3.29. The van der Waals surface area contributed by atoms with Crippen LogP contribution >= 0.6 is 0 Å². The fourth-order valence-corrected chi connectivity index (χ4v) is 1.06. The highest BCUT2D eigenvalue weighted by molar-refractivity contribution is 6.41. The molecule has 0 saturated carbocycles. The maximum absolute atomic E-state index is 11.5. The number of amides is 1. The van der Waals surface area contributed by atoms with E-state index in [1.807, 2.05) is 6.92 Å². The Kier molecular flexibility index (Phi) is 6.17. The second-order valence-corrected chi connectivity index (χ2v) is 3.29. The largest absolute Gasteiger partial charge is 0.308 e. The zero-order valence-electron chi connectivity index (χ0n) is 9.42. The topological polar surface area (TPSA) is 89.2 Å². The number of carbonyl (C=O) groups excluding carboxylic acids is 1. The predicted molar refractivity (Wildman–Crippen MR) is 61.8 cm³/mol. The highest BCUT2D eigenvalue weighted by Gasteiger charge is 2.14. The minimum absolute atomic E-state index is 0.131. The number of rotatable bonds is 3. The fourth-order valence-electron chi connectivity index (χ4n) is 1.06. The quantitative estimate of drug-likeness (QED) is 0.479. The molecule has 0 heterocycles. The van der Waals surface area contributed by atoms with Gasteiger partial charge in [0, 0.05) is 12.1 Å². The van der Waals surface area contributed by atoms with Crippen LogP contribution < -0.4 is 5.32 Å². The van der Waals surface area contributed by atoms with Gasteiger partial charge in [0.2, 0.25) is 5.91 Å². The van der Waals surface area contributed by atoms with E-state index in [-0.39, 0.29) is 23.5 Å². The Labute approximate surface area is 90.0 Å². The summed E-state index contributed by atoms with van der Waals surface area (Å²) in [6, 6.07) is 0. The molecule has 0 radical (unpaired) electrons. The lowest BCUT2D eigenvalue weighted by molar-refractivity contribution is -0.123. The number of hydrogen-bond donors (Lipinski definition) is 3. The van der Waals surface area contributed by atoms with Crippen LogP contribution in [0.5, 0.6) is 0 Å². The Hall–Kier alpha value is -1.52. The van der Waals surface area contributed by atoms with Gasteiger partial charge in [-0.2, -0.15) is 0 Å². The molecule has 0 saturated heterocycles. The van der Waals surface area contributed by atoms with E-state index >= 15 is 0 Å². The lowest BCUT2D eigenvalue weighted by atomic mass is 10.1. The molecule has 5 heteroatoms. The van der Waals surface area contributed by atoms with Crippen LogP contribution in [0.15, 0.2) is 4.99 Å². The molecule has 0 aliphatic rings. The molecule has 0 bridgehead atoms. The van der Waals surface area contributed by atoms with Crippen molar-refractivity contribution in [2.75, 3.05) is 0 Å². The summed E-state index contributed by atoms with van der Waals surface area (Å²) in [6.07, 6.45) is 3.12. The molecule has 1 atom stereocenters. The van der Waals surface area contributed by atoms with Crippen LogP contribution in [-0.2, 0) is 4.79 Å². The van der Waals surface area contributed by atoms with Crippen molar-refractivity contribution in [2.24, 2.45) is 10.9 Å². The van der Waals surface area contributed by atoms with Gasteiger partial charge >= 0.3 is 0 Å². The monoisotopic (exact) mass is 210 g/mol. The Morgan fingerprint density at radius 3 is 2.60 bits per heavy atom. The minimum Gasteiger partial charge on any atom is -0.308 e. The van der Waals surface area contributed by atoms with Crippen LogP contribution in [0.25, 0.3) is 0 Å². The number of hydrogen-bond acceptors (Lipinski definition) is 3. The van der Waals surface area contributed by atoms with Gasteiger partial charge < -0.3 is 5.32 Å². The van der Waals surface area contributed by atoms with Crippen LogP contribution in [0.2, 0.25) is 0 Å². The Balaban J connectivity index is 4.18. The molecule has 0 aliphatic heterocycles. The highest BCUT2D eigenvalue weighted by Crippen LogP contribution is 2.04. The molecule has 0 spiro atoms. The van der Waals surface area contributed by atoms with Crippen LogP contribution in [0, 0.1) is 16.7 Å². The van der Waals surface area contributed by atoms with E-state index in [4.69, 9.17) is 10.8 Å². The summed E-state index contributed by atoms with van der Waals surface area (Å²) in [7, 11) is 0. The Bertz CT molecular complexity index is 283. The molecule has 1 amide bonds. The van der Waals surface area contributed by atoms with Crippen LogP contribution in [-0.4, -0.2) is 23.8 Å². The maximum Gasteiger partial charge on any atom is 0.228 e. The third-order valence-electron chi connectivity index (χ3n) is 1.91. The van der Waals surface area contributed by atoms with Gasteiger partial charge in [0.05, 0.1) is 0 Å². The molecule has 0 aromatic rings. The molecule has 0 rings (SSSR count). The summed E-state index contributed by atoms with van der Waals surface area (Å²) < 4.78 is 0. The third kappa shape index (κ3) is 5.05. The van der Waals surface area contributed by atoms with E-state index < -0.39 is 0 Å². The Morgan fingerprint density at radius 1 is 1.53 bits per heavy atom. The van der Waals surface area contributed by atoms with Crippen molar-refractivity contribution in [3.63, 3.8) is 0 Å². The van der Waals surface area contributed by atoms with E-state index in [0.717, 1.165) is 12.8 Å². The average Bonchev–Trinajstić information content (AvgIpc) is 2.18. The van der Waals surface area contributed by atoms with Crippen molar-refractivity contribution in [2.45, 2.75) is 33.6 Å². The SMILES string of the molecule is CC=NC(=N)C(=N)NC(=O)C(C)CCC. The van der Waals surface area contributed by atoms with E-state index in [2.05, 4.69) is 10.3 Å². The molecule has 1 unspecified atom stereocenters. The molecule has 5 nitrogen and oxygen atoms in total. The summed E-state index contributed by atoms with van der Waals surface area (Å²) in [4.78, 5) is 15.1. The Morgan fingerprint density at radius 2 is 2.13 bits per heavy atom. The van der Waals surface area contributed by atoms with Crippen LogP contribution in [0.1, 0.15) is 33.6 Å². The van der Waals surface area contributed by atoms with E-state index in [1.165, 1.54) is 6.21 Å². The first-order chi connectivity index (χ1) is 7.02. The molecule has 15 heavy (non-hydrogen) atoms. The minimum atomic E-state index is -0.249. The molecule has 0 aromatic carbocycles. The summed E-state index contributed by atoms with van der Waals surface area (Å²) in [5.41, 5.74) is 0. The van der Waals surface area contributed by atoms with Gasteiger partial charge in [-0.15, -0.1) is 0 Å². The highest BCUT2D eigenvalue weighted by atomic mass is 16.1. The first-order valence-corrected chi connectivity index (χ1v) is 4.99. The number of nitrogens with one attached hydrogen (secondary N) is 3. The first kappa shape index (κ1) is 13.5. The van der Waals surface area contributed by atoms with Gasteiger partial charge in [0.1, 0.15) is 0 Å². The number of amidine groups is 2. The van der Waals surface area contributed by atoms with Crippen molar-refractivity contribution >= 4 is 23.8 Å². The molecular formula is C10H18N4O. The zero-order chi connectivity index (χ0) is 11.8. The molecule has 3 N–H and O–H groups in total. The van der Waals surface area contributed by atoms with Crippen molar-refractivity contribution in [3.8, 4) is 0 Å². The predicted octanol–water partition coefficient (Wildman–Crippen LogP) is 1.58. The molecule has 0 aliphatic carbocycles. The van der Waals surface area contributed by atoms with Crippen molar-refractivity contribution in [1.29, 1.82) is 10.8 Å². The van der Waals surface area contributed by atoms with Gasteiger partial charge in [-0.05, 0) is 13.3 Å². The summed E-state index contributed by atoms with van der Waals surface area (Å²) in [6.45, 7) is 5.46. The molecule has 0 fully saturated rings. The molecule has 84 valence electrons. The average molecular weight is 210 g/mol. The number of aliphatic imine (C=N–C) groups is 1. The van der Waals surface area contributed by atoms with Gasteiger partial charge in [0.15, 0.2) is 11.7 Å². The maximum atomic E-state index is 11.5.